The molecule has 88 valence electrons. The number of nitriles is 1. The molecule has 18 heavy (non-hydrogen) atoms. The molecule has 0 unspecified atom stereocenters. The molecule has 0 aliphatic carbocycles. The molecule has 0 aliphatic heterocycles. The SMILES string of the molecule is N#Cc1ccc(Oc2ncc(N=O)cn2)c(Br)c1. The largest absolute Gasteiger partial charge is 0.423 e. The van der Waals surface area contributed by atoms with Gasteiger partial charge in [0.25, 0.3) is 0 Å². The van der Waals surface area contributed by atoms with E-state index in [0.29, 0.717) is 15.8 Å². The van der Waals surface area contributed by atoms with Crippen molar-refractivity contribution in [1.82, 2.24) is 9.97 Å². The molecule has 0 N–H and O–H groups in total. The van der Waals surface area contributed by atoms with Crippen LogP contribution in [0.15, 0.2) is 40.2 Å². The molecule has 0 amide bonds. The van der Waals surface area contributed by atoms with Crippen molar-refractivity contribution in [3.8, 4) is 17.8 Å². The number of aromatic nitrogens is 2. The van der Waals surface area contributed by atoms with Crippen LogP contribution in [0.4, 0.5) is 5.69 Å². The quantitative estimate of drug-likeness (QED) is 0.812. The molecule has 1 aromatic heterocycles. The van der Waals surface area contributed by atoms with E-state index in [0.717, 1.165) is 0 Å². The molecule has 6 nitrogen and oxygen atoms in total. The predicted octanol–water partition coefficient (Wildman–Crippen LogP) is 3.30. The van der Waals surface area contributed by atoms with Gasteiger partial charge in [-0.2, -0.15) is 5.26 Å². The number of hydrogen-bond acceptors (Lipinski definition) is 6. The minimum absolute atomic E-state index is 0.0906. The van der Waals surface area contributed by atoms with Gasteiger partial charge in [0.2, 0.25) is 0 Å². The Morgan fingerprint density at radius 3 is 2.61 bits per heavy atom. The second kappa shape index (κ2) is 5.33. The highest BCUT2D eigenvalue weighted by molar-refractivity contribution is 9.10. The van der Waals surface area contributed by atoms with E-state index in [1.165, 1.54) is 12.4 Å². The number of rotatable bonds is 3. The van der Waals surface area contributed by atoms with Crippen LogP contribution in [0.5, 0.6) is 11.8 Å². The lowest BCUT2D eigenvalue weighted by molar-refractivity contribution is 0.439. The highest BCUT2D eigenvalue weighted by Gasteiger charge is 2.06. The highest BCUT2D eigenvalue weighted by Crippen LogP contribution is 2.29. The lowest BCUT2D eigenvalue weighted by Gasteiger charge is -2.05. The molecule has 7 heteroatoms. The van der Waals surface area contributed by atoms with E-state index in [1.54, 1.807) is 18.2 Å². The van der Waals surface area contributed by atoms with Gasteiger partial charge >= 0.3 is 6.01 Å². The first kappa shape index (κ1) is 12.1. The van der Waals surface area contributed by atoms with Gasteiger partial charge in [-0.15, -0.1) is 4.91 Å². The Balaban J connectivity index is 2.23. The molecule has 1 aromatic carbocycles. The van der Waals surface area contributed by atoms with Crippen LogP contribution in [0, 0.1) is 16.2 Å². The van der Waals surface area contributed by atoms with Gasteiger partial charge in [-0.1, -0.05) is 0 Å². The molecule has 1 heterocycles. The van der Waals surface area contributed by atoms with Crippen molar-refractivity contribution in [3.05, 3.63) is 45.5 Å². The van der Waals surface area contributed by atoms with E-state index in [-0.39, 0.29) is 11.7 Å². The molecule has 0 spiro atoms. The minimum Gasteiger partial charge on any atom is -0.423 e. The smallest absolute Gasteiger partial charge is 0.322 e. The first-order valence-electron chi connectivity index (χ1n) is 4.76. The standard InChI is InChI=1S/C11H5BrN4O2/c12-9-3-7(4-13)1-2-10(9)18-11-14-5-8(16-17)6-15-11/h1-3,5-6H. The average molecular weight is 305 g/mol. The molecule has 0 atom stereocenters. The Hall–Kier alpha value is -2.33. The topological polar surface area (TPSA) is 88.2 Å². The van der Waals surface area contributed by atoms with Gasteiger partial charge in [-0.25, -0.2) is 9.97 Å². The van der Waals surface area contributed by atoms with E-state index in [4.69, 9.17) is 10.00 Å². The van der Waals surface area contributed by atoms with Crippen LogP contribution in [0.1, 0.15) is 5.56 Å². The molecule has 2 rings (SSSR count). The fourth-order valence-corrected chi connectivity index (χ4v) is 1.62. The fraction of sp³-hybridized carbons (Fsp3) is 0. The maximum Gasteiger partial charge on any atom is 0.322 e. The van der Waals surface area contributed by atoms with E-state index in [1.807, 2.05) is 6.07 Å². The molecular weight excluding hydrogens is 300 g/mol. The monoisotopic (exact) mass is 304 g/mol. The van der Waals surface area contributed by atoms with Crippen molar-refractivity contribution in [1.29, 1.82) is 5.26 Å². The Morgan fingerprint density at radius 2 is 2.06 bits per heavy atom. The Bertz CT molecular complexity index is 622. The molecule has 0 radical (unpaired) electrons. The van der Waals surface area contributed by atoms with Crippen molar-refractivity contribution < 1.29 is 4.74 Å². The summed E-state index contributed by atoms with van der Waals surface area (Å²) in [6.07, 6.45) is 2.51. The zero-order chi connectivity index (χ0) is 13.0. The number of ether oxygens (including phenoxy) is 1. The molecular formula is C11H5BrN4O2. The first-order valence-corrected chi connectivity index (χ1v) is 5.55. The van der Waals surface area contributed by atoms with Crippen LogP contribution >= 0.6 is 15.9 Å². The van der Waals surface area contributed by atoms with Gasteiger partial charge in [0.1, 0.15) is 11.4 Å². The van der Waals surface area contributed by atoms with Crippen molar-refractivity contribution in [3.63, 3.8) is 0 Å². The summed E-state index contributed by atoms with van der Waals surface area (Å²) in [7, 11) is 0. The van der Waals surface area contributed by atoms with Crippen LogP contribution in [0.2, 0.25) is 0 Å². The summed E-state index contributed by atoms with van der Waals surface area (Å²) in [6, 6.07) is 6.96. The zero-order valence-electron chi connectivity index (χ0n) is 8.87. The summed E-state index contributed by atoms with van der Waals surface area (Å²) in [6.45, 7) is 0. The summed E-state index contributed by atoms with van der Waals surface area (Å²) < 4.78 is 6.00. The summed E-state index contributed by atoms with van der Waals surface area (Å²) in [4.78, 5) is 17.8. The zero-order valence-corrected chi connectivity index (χ0v) is 10.5. The number of nitroso groups, excluding NO2 is 1. The van der Waals surface area contributed by atoms with Gasteiger partial charge in [0, 0.05) is 0 Å². The average Bonchev–Trinajstić information content (AvgIpc) is 2.42. The van der Waals surface area contributed by atoms with Crippen molar-refractivity contribution in [2.75, 3.05) is 0 Å². The van der Waals surface area contributed by atoms with E-state index >= 15 is 0 Å². The number of benzene rings is 1. The molecule has 0 saturated carbocycles. The second-order valence-electron chi connectivity index (χ2n) is 3.17. The summed E-state index contributed by atoms with van der Waals surface area (Å²) in [5, 5.41) is 11.4. The van der Waals surface area contributed by atoms with Crippen LogP contribution in [0.3, 0.4) is 0 Å². The van der Waals surface area contributed by atoms with Gasteiger partial charge in [-0.05, 0) is 39.3 Å². The number of hydrogen-bond donors (Lipinski definition) is 0. The molecule has 0 fully saturated rings. The number of nitrogens with zero attached hydrogens (tertiary/aromatic N) is 4. The second-order valence-corrected chi connectivity index (χ2v) is 4.03. The van der Waals surface area contributed by atoms with Crippen molar-refractivity contribution in [2.24, 2.45) is 5.18 Å². The fourth-order valence-electron chi connectivity index (χ4n) is 1.16. The van der Waals surface area contributed by atoms with E-state index in [9.17, 15) is 4.91 Å². The maximum atomic E-state index is 10.2. The maximum absolute atomic E-state index is 10.2. The van der Waals surface area contributed by atoms with E-state index in [2.05, 4.69) is 31.1 Å². The highest BCUT2D eigenvalue weighted by atomic mass is 79.9. The summed E-state index contributed by atoms with van der Waals surface area (Å²) in [5.74, 6) is 0.473. The minimum atomic E-state index is 0.0906. The van der Waals surface area contributed by atoms with Crippen molar-refractivity contribution in [2.45, 2.75) is 0 Å². The van der Waals surface area contributed by atoms with Crippen LogP contribution in [0.25, 0.3) is 0 Å². The molecule has 0 saturated heterocycles. The van der Waals surface area contributed by atoms with Gasteiger partial charge in [-0.3, -0.25) is 0 Å². The lowest BCUT2D eigenvalue weighted by Crippen LogP contribution is -1.91. The Kier molecular flexibility index (Phi) is 3.60. The Morgan fingerprint density at radius 1 is 1.33 bits per heavy atom. The van der Waals surface area contributed by atoms with Gasteiger partial charge in [0.15, 0.2) is 0 Å². The normalized spacial score (nSPS) is 9.56. The first-order chi connectivity index (χ1) is 8.72. The third kappa shape index (κ3) is 2.67. The van der Waals surface area contributed by atoms with Crippen LogP contribution in [-0.4, -0.2) is 9.97 Å². The van der Waals surface area contributed by atoms with E-state index < -0.39 is 0 Å². The summed E-state index contributed by atoms with van der Waals surface area (Å²) in [5.41, 5.74) is 0.636. The molecule has 2 aromatic rings. The molecule has 0 aliphatic rings. The lowest BCUT2D eigenvalue weighted by atomic mass is 10.2. The molecule has 0 bridgehead atoms. The van der Waals surface area contributed by atoms with Gasteiger partial charge in [0.05, 0.1) is 28.5 Å². The predicted molar refractivity (Wildman–Crippen MR) is 66.4 cm³/mol. The third-order valence-corrected chi connectivity index (χ3v) is 2.60. The summed E-state index contributed by atoms with van der Waals surface area (Å²) >= 11 is 3.27. The number of halogens is 1. The van der Waals surface area contributed by atoms with Gasteiger partial charge < -0.3 is 4.74 Å². The van der Waals surface area contributed by atoms with Crippen molar-refractivity contribution >= 4 is 21.6 Å². The van der Waals surface area contributed by atoms with Crippen LogP contribution in [-0.2, 0) is 0 Å². The third-order valence-electron chi connectivity index (χ3n) is 1.98. The van der Waals surface area contributed by atoms with Crippen LogP contribution < -0.4 is 4.74 Å². The Labute approximate surface area is 110 Å².